The summed E-state index contributed by atoms with van der Waals surface area (Å²) in [4.78, 5) is -0.297. The first-order chi connectivity index (χ1) is 7.90. The zero-order valence-corrected chi connectivity index (χ0v) is 13.0. The van der Waals surface area contributed by atoms with Gasteiger partial charge in [-0.2, -0.15) is 0 Å². The van der Waals surface area contributed by atoms with Gasteiger partial charge in [-0.05, 0) is 18.6 Å². The van der Waals surface area contributed by atoms with Gasteiger partial charge in [0.25, 0.3) is 0 Å². The van der Waals surface area contributed by atoms with Crippen molar-refractivity contribution >= 4 is 55.8 Å². The molecule has 0 radical (unpaired) electrons. The van der Waals surface area contributed by atoms with Crippen molar-refractivity contribution in [3.63, 3.8) is 0 Å². The molecule has 1 N–H and O–H groups in total. The van der Waals surface area contributed by atoms with Crippen molar-refractivity contribution in [3.05, 3.63) is 28.0 Å². The predicted octanol–water partition coefficient (Wildman–Crippen LogP) is 3.24. The van der Waals surface area contributed by atoms with Gasteiger partial charge in [-0.15, -0.1) is 0 Å². The molecule has 8 heteroatoms. The highest BCUT2D eigenvalue weighted by atomic mass is 127. The number of benzene rings is 1. The largest absolute Gasteiger partial charge is 0.242 e. The molecule has 0 amide bonds. The van der Waals surface area contributed by atoms with Crippen molar-refractivity contribution in [3.8, 4) is 0 Å². The van der Waals surface area contributed by atoms with Gasteiger partial charge in [-0.25, -0.2) is 17.5 Å². The third-order valence-corrected chi connectivity index (χ3v) is 4.93. The van der Waals surface area contributed by atoms with Gasteiger partial charge in [0.05, 0.1) is 10.0 Å². The van der Waals surface area contributed by atoms with Gasteiger partial charge in [-0.1, -0.05) is 45.8 Å². The number of rotatable bonds is 5. The van der Waals surface area contributed by atoms with Crippen LogP contribution in [0.25, 0.3) is 0 Å². The Morgan fingerprint density at radius 1 is 1.35 bits per heavy atom. The van der Waals surface area contributed by atoms with Crippen LogP contribution < -0.4 is 4.72 Å². The Balaban J connectivity index is 3.04. The van der Waals surface area contributed by atoms with Crippen molar-refractivity contribution in [1.29, 1.82) is 0 Å². The Bertz CT molecular complexity index is 510. The van der Waals surface area contributed by atoms with Crippen molar-refractivity contribution in [2.45, 2.75) is 11.3 Å². The molecule has 96 valence electrons. The Hall–Kier alpha value is 0.370. The highest BCUT2D eigenvalue weighted by Crippen LogP contribution is 2.29. The van der Waals surface area contributed by atoms with Crippen LogP contribution in [0.3, 0.4) is 0 Å². The molecule has 1 aromatic carbocycles. The average Bonchev–Trinajstić information content (AvgIpc) is 2.26. The quantitative estimate of drug-likeness (QED) is 0.350. The van der Waals surface area contributed by atoms with E-state index in [2.05, 4.69) is 27.3 Å². The molecular weight excluding hydrogens is 403 g/mol. The summed E-state index contributed by atoms with van der Waals surface area (Å²) in [5.41, 5.74) is 0. The Morgan fingerprint density at radius 3 is 2.59 bits per heavy atom. The predicted molar refractivity (Wildman–Crippen MR) is 75.1 cm³/mol. The van der Waals surface area contributed by atoms with Crippen LogP contribution in [0.1, 0.15) is 6.42 Å². The third-order valence-electron chi connectivity index (χ3n) is 1.89. The van der Waals surface area contributed by atoms with Crippen LogP contribution in [0.5, 0.6) is 0 Å². The molecule has 0 aliphatic carbocycles. The van der Waals surface area contributed by atoms with Gasteiger partial charge in [0.15, 0.2) is 5.82 Å². The summed E-state index contributed by atoms with van der Waals surface area (Å²) in [6.45, 7) is 0.284. The van der Waals surface area contributed by atoms with E-state index in [-0.39, 0.29) is 16.5 Å². The summed E-state index contributed by atoms with van der Waals surface area (Å²) in [5.74, 6) is -0.926. The van der Waals surface area contributed by atoms with Gasteiger partial charge in [0.1, 0.15) is 4.90 Å². The molecule has 0 heterocycles. The second kappa shape index (κ2) is 6.51. The molecule has 0 atom stereocenters. The van der Waals surface area contributed by atoms with E-state index in [1.807, 2.05) is 0 Å². The van der Waals surface area contributed by atoms with Crippen molar-refractivity contribution in [1.82, 2.24) is 4.72 Å². The fourth-order valence-corrected chi connectivity index (χ4v) is 3.26. The molecule has 0 spiro atoms. The SMILES string of the molecule is O=S(=O)(NCCCI)c1ccc(Cl)c(F)c1Cl. The van der Waals surface area contributed by atoms with E-state index in [0.29, 0.717) is 6.42 Å². The molecule has 0 fully saturated rings. The van der Waals surface area contributed by atoms with Gasteiger partial charge in [-0.3, -0.25) is 0 Å². The number of nitrogens with one attached hydrogen (secondary N) is 1. The van der Waals surface area contributed by atoms with Crippen LogP contribution in [-0.4, -0.2) is 19.4 Å². The van der Waals surface area contributed by atoms with Crippen LogP contribution in [0.2, 0.25) is 10.0 Å². The molecule has 0 saturated carbocycles. The van der Waals surface area contributed by atoms with Crippen LogP contribution in [0.4, 0.5) is 4.39 Å². The lowest BCUT2D eigenvalue weighted by atomic mass is 10.3. The van der Waals surface area contributed by atoms with Crippen molar-refractivity contribution in [2.24, 2.45) is 0 Å². The fourth-order valence-electron chi connectivity index (χ4n) is 1.07. The number of hydrogen-bond acceptors (Lipinski definition) is 2. The second-order valence-electron chi connectivity index (χ2n) is 3.11. The van der Waals surface area contributed by atoms with Gasteiger partial charge in [0.2, 0.25) is 10.0 Å². The minimum Gasteiger partial charge on any atom is -0.211 e. The lowest BCUT2D eigenvalue weighted by Gasteiger charge is -2.08. The Morgan fingerprint density at radius 2 is 2.00 bits per heavy atom. The number of hydrogen-bond donors (Lipinski definition) is 1. The smallest absolute Gasteiger partial charge is 0.211 e. The zero-order chi connectivity index (χ0) is 13.1. The zero-order valence-electron chi connectivity index (χ0n) is 8.51. The number of halogens is 4. The fraction of sp³-hybridized carbons (Fsp3) is 0.333. The Kier molecular flexibility index (Phi) is 5.91. The van der Waals surface area contributed by atoms with Crippen molar-refractivity contribution in [2.75, 3.05) is 11.0 Å². The van der Waals surface area contributed by atoms with E-state index >= 15 is 0 Å². The molecular formula is C9H9Cl2FINO2S. The maximum atomic E-state index is 13.4. The van der Waals surface area contributed by atoms with Crippen LogP contribution in [-0.2, 0) is 10.0 Å². The van der Waals surface area contributed by atoms with Crippen LogP contribution in [0.15, 0.2) is 17.0 Å². The lowest BCUT2D eigenvalue weighted by molar-refractivity contribution is 0.577. The third kappa shape index (κ3) is 3.92. The van der Waals surface area contributed by atoms with E-state index in [1.165, 1.54) is 6.07 Å². The van der Waals surface area contributed by atoms with E-state index < -0.39 is 20.9 Å². The molecule has 1 aromatic rings. The minimum absolute atomic E-state index is 0.207. The molecule has 3 nitrogen and oxygen atoms in total. The van der Waals surface area contributed by atoms with E-state index in [0.717, 1.165) is 10.5 Å². The van der Waals surface area contributed by atoms with E-state index in [9.17, 15) is 12.8 Å². The highest BCUT2D eigenvalue weighted by molar-refractivity contribution is 14.1. The monoisotopic (exact) mass is 411 g/mol. The van der Waals surface area contributed by atoms with E-state index in [1.54, 1.807) is 0 Å². The summed E-state index contributed by atoms with van der Waals surface area (Å²) in [6.07, 6.45) is 0.688. The molecule has 0 aliphatic rings. The molecule has 0 aliphatic heterocycles. The summed E-state index contributed by atoms with van der Waals surface area (Å²) in [7, 11) is -3.79. The second-order valence-corrected chi connectivity index (χ2v) is 6.71. The molecule has 17 heavy (non-hydrogen) atoms. The summed E-state index contributed by atoms with van der Waals surface area (Å²) in [5, 5.41) is -0.694. The molecule has 0 bridgehead atoms. The molecule has 0 aromatic heterocycles. The van der Waals surface area contributed by atoms with Crippen LogP contribution >= 0.6 is 45.8 Å². The molecule has 0 unspecified atom stereocenters. The summed E-state index contributed by atoms with van der Waals surface area (Å²) in [6, 6.07) is 2.34. The minimum atomic E-state index is -3.79. The maximum Gasteiger partial charge on any atom is 0.242 e. The first-order valence-corrected chi connectivity index (χ1v) is 8.35. The normalized spacial score (nSPS) is 11.8. The first-order valence-electron chi connectivity index (χ1n) is 4.59. The highest BCUT2D eigenvalue weighted by Gasteiger charge is 2.21. The van der Waals surface area contributed by atoms with Gasteiger partial charge >= 0.3 is 0 Å². The van der Waals surface area contributed by atoms with Crippen molar-refractivity contribution < 1.29 is 12.8 Å². The Labute approximate surface area is 123 Å². The summed E-state index contributed by atoms with van der Waals surface area (Å²) >= 11 is 13.2. The van der Waals surface area contributed by atoms with Gasteiger partial charge in [0, 0.05) is 11.0 Å². The molecule has 0 saturated heterocycles. The topological polar surface area (TPSA) is 46.2 Å². The maximum absolute atomic E-state index is 13.4. The first kappa shape index (κ1) is 15.4. The van der Waals surface area contributed by atoms with Crippen LogP contribution in [0, 0.1) is 5.82 Å². The number of sulfonamides is 1. The van der Waals surface area contributed by atoms with Gasteiger partial charge < -0.3 is 0 Å². The molecule has 1 rings (SSSR count). The summed E-state index contributed by atoms with van der Waals surface area (Å²) < 4.78 is 40.1. The standard InChI is InChI=1S/C9H9Cl2FINO2S/c10-6-2-3-7(8(11)9(6)12)17(15,16)14-5-1-4-13/h2-3,14H,1,4-5H2. The number of alkyl halides is 1. The lowest BCUT2D eigenvalue weighted by Crippen LogP contribution is -2.25. The average molecular weight is 412 g/mol. The van der Waals surface area contributed by atoms with E-state index in [4.69, 9.17) is 23.2 Å².